The van der Waals surface area contributed by atoms with E-state index in [9.17, 15) is 4.79 Å². The first-order chi connectivity index (χ1) is 9.13. The van der Waals surface area contributed by atoms with Crippen LogP contribution in [0.1, 0.15) is 15.5 Å². The number of carbonyl (C=O) groups excluding carboxylic acids is 1. The van der Waals surface area contributed by atoms with E-state index in [1.807, 2.05) is 12.3 Å². The summed E-state index contributed by atoms with van der Waals surface area (Å²) in [5, 5.41) is 5.03. The molecule has 0 radical (unpaired) electrons. The van der Waals surface area contributed by atoms with Crippen molar-refractivity contribution in [3.63, 3.8) is 0 Å². The minimum absolute atomic E-state index is 0.249. The fourth-order valence-corrected chi connectivity index (χ4v) is 2.23. The lowest BCUT2D eigenvalue weighted by Crippen LogP contribution is -2.12. The molecule has 0 saturated carbocycles. The van der Waals surface area contributed by atoms with Crippen molar-refractivity contribution in [3.05, 3.63) is 34.3 Å². The number of thiazole rings is 1. The van der Waals surface area contributed by atoms with Crippen molar-refractivity contribution in [1.82, 2.24) is 4.98 Å². The molecule has 1 amide bonds. The van der Waals surface area contributed by atoms with Gasteiger partial charge in [-0.25, -0.2) is 4.98 Å². The molecule has 1 aromatic carbocycles. The molecule has 1 N–H and O–H groups in total. The van der Waals surface area contributed by atoms with Crippen LogP contribution in [0.3, 0.4) is 0 Å². The number of hydrogen-bond acceptors (Lipinski definition) is 5. The number of nitrogens with one attached hydrogen (secondary N) is 1. The van der Waals surface area contributed by atoms with E-state index in [4.69, 9.17) is 9.47 Å². The van der Waals surface area contributed by atoms with E-state index in [1.165, 1.54) is 18.4 Å². The lowest BCUT2D eigenvalue weighted by molar-refractivity contribution is 0.102. The third-order valence-electron chi connectivity index (χ3n) is 2.47. The van der Waals surface area contributed by atoms with Crippen molar-refractivity contribution >= 4 is 22.9 Å². The van der Waals surface area contributed by atoms with Gasteiger partial charge in [0, 0.05) is 17.1 Å². The average molecular weight is 278 g/mol. The van der Waals surface area contributed by atoms with Gasteiger partial charge in [0.05, 0.1) is 19.9 Å². The number of anilines is 1. The number of rotatable bonds is 4. The predicted octanol–water partition coefficient (Wildman–Crippen LogP) is 2.72. The fraction of sp³-hybridized carbons (Fsp3) is 0.231. The lowest BCUT2D eigenvalue weighted by Gasteiger charge is -2.10. The molecule has 2 rings (SSSR count). The summed E-state index contributed by atoms with van der Waals surface area (Å²) in [4.78, 5) is 16.1. The number of methoxy groups -OCH3 is 2. The molecular weight excluding hydrogens is 264 g/mol. The van der Waals surface area contributed by atoms with E-state index in [-0.39, 0.29) is 5.91 Å². The number of hydrogen-bond donors (Lipinski definition) is 1. The molecule has 2 aromatic rings. The van der Waals surface area contributed by atoms with Crippen molar-refractivity contribution in [2.75, 3.05) is 19.5 Å². The zero-order valence-electron chi connectivity index (χ0n) is 10.9. The van der Waals surface area contributed by atoms with Crippen LogP contribution in [0, 0.1) is 6.92 Å². The van der Waals surface area contributed by atoms with Crippen LogP contribution >= 0.6 is 11.3 Å². The van der Waals surface area contributed by atoms with Crippen LogP contribution in [0.2, 0.25) is 0 Å². The van der Waals surface area contributed by atoms with Crippen LogP contribution < -0.4 is 14.8 Å². The van der Waals surface area contributed by atoms with E-state index in [0.717, 1.165) is 5.69 Å². The smallest absolute Gasteiger partial charge is 0.284 e. The van der Waals surface area contributed by atoms with Gasteiger partial charge >= 0.3 is 0 Å². The summed E-state index contributed by atoms with van der Waals surface area (Å²) in [7, 11) is 3.11. The summed E-state index contributed by atoms with van der Waals surface area (Å²) in [6, 6.07) is 5.20. The standard InChI is InChI=1S/C13H14N2O3S/c1-8-7-19-13(14-8)12(16)15-10-5-4-9(17-2)6-11(10)18-3/h4-7H,1-3H3,(H,15,16). The second kappa shape index (κ2) is 5.71. The van der Waals surface area contributed by atoms with Gasteiger partial charge in [0.1, 0.15) is 11.5 Å². The summed E-state index contributed by atoms with van der Waals surface area (Å²) in [5.41, 5.74) is 1.41. The molecule has 0 aliphatic rings. The normalized spacial score (nSPS) is 10.1. The molecular formula is C13H14N2O3S. The van der Waals surface area contributed by atoms with Gasteiger partial charge in [0.2, 0.25) is 0 Å². The highest BCUT2D eigenvalue weighted by atomic mass is 32.1. The number of carbonyl (C=O) groups is 1. The summed E-state index contributed by atoms with van der Waals surface area (Å²) >= 11 is 1.31. The third kappa shape index (κ3) is 3.03. The molecule has 6 heteroatoms. The Morgan fingerprint density at radius 2 is 2.11 bits per heavy atom. The van der Waals surface area contributed by atoms with Crippen LogP contribution in [0.4, 0.5) is 5.69 Å². The van der Waals surface area contributed by atoms with Crippen molar-refractivity contribution in [2.45, 2.75) is 6.92 Å². The van der Waals surface area contributed by atoms with Gasteiger partial charge in [-0.3, -0.25) is 4.79 Å². The predicted molar refractivity (Wildman–Crippen MR) is 74.4 cm³/mol. The van der Waals surface area contributed by atoms with E-state index in [2.05, 4.69) is 10.3 Å². The van der Waals surface area contributed by atoms with Gasteiger partial charge in [-0.05, 0) is 19.1 Å². The first-order valence-electron chi connectivity index (χ1n) is 5.59. The van der Waals surface area contributed by atoms with Crippen molar-refractivity contribution in [2.24, 2.45) is 0 Å². The molecule has 0 saturated heterocycles. The molecule has 0 aliphatic heterocycles. The molecule has 0 aliphatic carbocycles. The summed E-state index contributed by atoms with van der Waals surface area (Å²) in [6.45, 7) is 1.85. The van der Waals surface area contributed by atoms with Crippen molar-refractivity contribution < 1.29 is 14.3 Å². The molecule has 0 spiro atoms. The van der Waals surface area contributed by atoms with E-state index >= 15 is 0 Å². The first kappa shape index (κ1) is 13.4. The van der Waals surface area contributed by atoms with E-state index in [1.54, 1.807) is 25.3 Å². The van der Waals surface area contributed by atoms with Crippen LogP contribution in [0.5, 0.6) is 11.5 Å². The molecule has 0 unspecified atom stereocenters. The quantitative estimate of drug-likeness (QED) is 0.934. The van der Waals surface area contributed by atoms with Crippen LogP contribution in [0.15, 0.2) is 23.6 Å². The molecule has 19 heavy (non-hydrogen) atoms. The maximum atomic E-state index is 12.0. The molecule has 0 bridgehead atoms. The zero-order valence-corrected chi connectivity index (χ0v) is 11.7. The van der Waals surface area contributed by atoms with Crippen molar-refractivity contribution in [1.29, 1.82) is 0 Å². The monoisotopic (exact) mass is 278 g/mol. The van der Waals surface area contributed by atoms with Gasteiger partial charge in [0.25, 0.3) is 5.91 Å². The van der Waals surface area contributed by atoms with Crippen LogP contribution in [0.25, 0.3) is 0 Å². The van der Waals surface area contributed by atoms with Crippen LogP contribution in [-0.2, 0) is 0 Å². The van der Waals surface area contributed by atoms with Crippen LogP contribution in [-0.4, -0.2) is 25.1 Å². The lowest BCUT2D eigenvalue weighted by atomic mass is 10.2. The SMILES string of the molecule is COc1ccc(NC(=O)c2nc(C)cs2)c(OC)c1. The van der Waals surface area contributed by atoms with Gasteiger partial charge in [-0.2, -0.15) is 0 Å². The number of amides is 1. The topological polar surface area (TPSA) is 60.5 Å². The Bertz CT molecular complexity index is 595. The number of aromatic nitrogens is 1. The minimum atomic E-state index is -0.249. The molecule has 1 heterocycles. The molecule has 5 nitrogen and oxygen atoms in total. The molecule has 1 aromatic heterocycles. The molecule has 0 fully saturated rings. The summed E-state index contributed by atoms with van der Waals surface area (Å²) in [6.07, 6.45) is 0. The zero-order chi connectivity index (χ0) is 13.8. The Morgan fingerprint density at radius 3 is 2.68 bits per heavy atom. The molecule has 100 valence electrons. The Morgan fingerprint density at radius 1 is 1.32 bits per heavy atom. The Labute approximate surface area is 115 Å². The maximum absolute atomic E-state index is 12.0. The number of ether oxygens (including phenoxy) is 2. The van der Waals surface area contributed by atoms with Gasteiger partial charge < -0.3 is 14.8 Å². The van der Waals surface area contributed by atoms with Crippen molar-refractivity contribution in [3.8, 4) is 11.5 Å². The average Bonchev–Trinajstić information content (AvgIpc) is 2.86. The number of aryl methyl sites for hydroxylation is 1. The Hall–Kier alpha value is -2.08. The first-order valence-corrected chi connectivity index (χ1v) is 6.47. The third-order valence-corrected chi connectivity index (χ3v) is 3.43. The maximum Gasteiger partial charge on any atom is 0.284 e. The van der Waals surface area contributed by atoms with E-state index in [0.29, 0.717) is 22.2 Å². The number of benzene rings is 1. The van der Waals surface area contributed by atoms with E-state index < -0.39 is 0 Å². The summed E-state index contributed by atoms with van der Waals surface area (Å²) < 4.78 is 10.3. The minimum Gasteiger partial charge on any atom is -0.497 e. The van der Waals surface area contributed by atoms with Gasteiger partial charge in [-0.15, -0.1) is 11.3 Å². The van der Waals surface area contributed by atoms with Gasteiger partial charge in [-0.1, -0.05) is 0 Å². The van der Waals surface area contributed by atoms with Gasteiger partial charge in [0.15, 0.2) is 5.01 Å². The highest BCUT2D eigenvalue weighted by molar-refractivity contribution is 7.11. The Kier molecular flexibility index (Phi) is 4.01. The highest BCUT2D eigenvalue weighted by Gasteiger charge is 2.13. The number of nitrogens with zero attached hydrogens (tertiary/aromatic N) is 1. The second-order valence-electron chi connectivity index (χ2n) is 3.81. The fourth-order valence-electron chi connectivity index (χ4n) is 1.54. The second-order valence-corrected chi connectivity index (χ2v) is 4.67. The summed E-state index contributed by atoms with van der Waals surface area (Å²) in [5.74, 6) is 0.961. The largest absolute Gasteiger partial charge is 0.497 e. The highest BCUT2D eigenvalue weighted by Crippen LogP contribution is 2.29. The molecule has 0 atom stereocenters. The Balaban J connectivity index is 2.21.